The Hall–Kier alpha value is -3.93. The fourth-order valence-electron chi connectivity index (χ4n) is 4.88. The molecule has 1 unspecified atom stereocenters. The number of carboxylic acids is 1. The molecule has 1 atom stereocenters. The molecule has 1 aliphatic heterocycles. The highest BCUT2D eigenvalue weighted by atomic mass is 19.1. The summed E-state index contributed by atoms with van der Waals surface area (Å²) >= 11 is 0. The molecule has 4 N–H and O–H groups in total. The summed E-state index contributed by atoms with van der Waals surface area (Å²) in [5.41, 5.74) is -0.304. The zero-order valence-electron chi connectivity index (χ0n) is 19.6. The third-order valence-corrected chi connectivity index (χ3v) is 6.85. The van der Waals surface area contributed by atoms with Crippen LogP contribution in [0.3, 0.4) is 0 Å². The van der Waals surface area contributed by atoms with E-state index in [1.54, 1.807) is 16.1 Å². The van der Waals surface area contributed by atoms with Gasteiger partial charge in [0, 0.05) is 37.8 Å². The molecule has 2 aromatic carbocycles. The zero-order valence-corrected chi connectivity index (χ0v) is 19.6. The molecular weight excluding hydrogens is 487 g/mol. The number of hydrogen-bond acceptors (Lipinski definition) is 6. The van der Waals surface area contributed by atoms with Crippen LogP contribution in [0.4, 0.5) is 18.9 Å². The number of hydrazine groups is 2. The first-order valence-corrected chi connectivity index (χ1v) is 11.6. The van der Waals surface area contributed by atoms with E-state index in [2.05, 4.69) is 5.43 Å². The van der Waals surface area contributed by atoms with Gasteiger partial charge < -0.3 is 15.1 Å². The number of rotatable bonds is 5. The molecule has 0 spiro atoms. The number of pyridine rings is 1. The molecule has 192 valence electrons. The number of nitrogens with two attached hydrogens (primary N) is 1. The van der Waals surface area contributed by atoms with E-state index in [1.807, 2.05) is 0 Å². The smallest absolute Gasteiger partial charge is 0.341 e. The summed E-state index contributed by atoms with van der Waals surface area (Å²) in [5.74, 6) is 2.13. The van der Waals surface area contributed by atoms with Crippen molar-refractivity contribution in [3.05, 3.63) is 99.6 Å². The largest absolute Gasteiger partial charge is 0.477 e. The minimum absolute atomic E-state index is 0.0270. The Morgan fingerprint density at radius 2 is 1.73 bits per heavy atom. The van der Waals surface area contributed by atoms with Crippen LogP contribution >= 0.6 is 0 Å². The second-order valence-corrected chi connectivity index (χ2v) is 9.02. The van der Waals surface area contributed by atoms with Gasteiger partial charge in [-0.15, -0.1) is 0 Å². The van der Waals surface area contributed by atoms with E-state index in [9.17, 15) is 19.1 Å². The van der Waals surface area contributed by atoms with E-state index in [0.29, 0.717) is 26.2 Å². The van der Waals surface area contributed by atoms with Crippen LogP contribution in [0, 0.1) is 11.6 Å². The number of anilines is 1. The molecule has 5 rings (SSSR count). The second kappa shape index (κ2) is 9.51. The molecular formula is C26H24F3N5O3. The van der Waals surface area contributed by atoms with Crippen molar-refractivity contribution in [3.8, 4) is 0 Å². The van der Waals surface area contributed by atoms with Gasteiger partial charge in [0.15, 0.2) is 5.82 Å². The molecule has 0 amide bonds. The molecule has 3 aromatic rings. The molecule has 1 aliphatic carbocycles. The van der Waals surface area contributed by atoms with Crippen molar-refractivity contribution < 1.29 is 23.1 Å². The number of benzene rings is 2. The molecule has 8 nitrogen and oxygen atoms in total. The van der Waals surface area contributed by atoms with E-state index in [4.69, 9.17) is 5.84 Å². The molecule has 2 heterocycles. The highest BCUT2D eigenvalue weighted by molar-refractivity contribution is 5.94. The van der Waals surface area contributed by atoms with Gasteiger partial charge in [0.2, 0.25) is 5.43 Å². The highest BCUT2D eigenvalue weighted by Gasteiger charge is 2.41. The molecule has 0 radical (unpaired) electrons. The van der Waals surface area contributed by atoms with Crippen LogP contribution in [-0.4, -0.2) is 51.8 Å². The van der Waals surface area contributed by atoms with E-state index in [-0.39, 0.29) is 28.6 Å². The molecule has 1 aromatic heterocycles. The van der Waals surface area contributed by atoms with Crippen LogP contribution in [0.25, 0.3) is 10.9 Å². The highest BCUT2D eigenvalue weighted by Crippen LogP contribution is 2.43. The summed E-state index contributed by atoms with van der Waals surface area (Å²) in [7, 11) is 0. The lowest BCUT2D eigenvalue weighted by molar-refractivity contribution is 0.0694. The van der Waals surface area contributed by atoms with Gasteiger partial charge in [-0.25, -0.2) is 28.0 Å². The third kappa shape index (κ3) is 4.20. The molecule has 0 bridgehead atoms. The van der Waals surface area contributed by atoms with E-state index in [0.717, 1.165) is 22.9 Å². The first-order chi connectivity index (χ1) is 17.7. The molecule has 37 heavy (non-hydrogen) atoms. The lowest BCUT2D eigenvalue weighted by Crippen LogP contribution is -2.51. The van der Waals surface area contributed by atoms with Gasteiger partial charge in [0.05, 0.1) is 11.2 Å². The Kier molecular flexibility index (Phi) is 6.36. The van der Waals surface area contributed by atoms with Crippen LogP contribution in [0.1, 0.15) is 22.3 Å². The van der Waals surface area contributed by atoms with Gasteiger partial charge in [-0.05, 0) is 42.3 Å². The summed E-state index contributed by atoms with van der Waals surface area (Å²) in [6.07, 6.45) is 5.24. The number of carboxylic acid groups (broad SMARTS) is 1. The molecule has 0 saturated carbocycles. The third-order valence-electron chi connectivity index (χ3n) is 6.85. The first-order valence-electron chi connectivity index (χ1n) is 11.6. The van der Waals surface area contributed by atoms with Crippen molar-refractivity contribution in [1.82, 2.24) is 14.6 Å². The number of nitrogens with zero attached hydrogens (tertiary/aromatic N) is 3. The Labute approximate surface area is 209 Å². The van der Waals surface area contributed by atoms with Crippen molar-refractivity contribution in [1.29, 1.82) is 0 Å². The van der Waals surface area contributed by atoms with Crippen molar-refractivity contribution in [2.75, 3.05) is 31.6 Å². The zero-order chi connectivity index (χ0) is 26.3. The Morgan fingerprint density at radius 1 is 1.03 bits per heavy atom. The predicted molar refractivity (Wildman–Crippen MR) is 133 cm³/mol. The maximum absolute atomic E-state index is 16.3. The number of hydrogen-bond donors (Lipinski definition) is 3. The van der Waals surface area contributed by atoms with Gasteiger partial charge in [-0.3, -0.25) is 10.6 Å². The van der Waals surface area contributed by atoms with E-state index >= 15 is 8.78 Å². The number of aromatic nitrogens is 1. The normalized spacial score (nSPS) is 20.7. The maximum atomic E-state index is 16.3. The summed E-state index contributed by atoms with van der Waals surface area (Å²) < 4.78 is 47.1. The SMILES string of the molecule is NN1CCN(Nc2ccc3c(=O)c(C(=O)O)cn(C4(c5ccc(F)cc5)CC=CC=C4F)c3c2F)CC1. The fourth-order valence-corrected chi connectivity index (χ4v) is 4.88. The topological polar surface area (TPSA) is 104 Å². The van der Waals surface area contributed by atoms with Gasteiger partial charge >= 0.3 is 5.97 Å². The molecule has 1 fully saturated rings. The average molecular weight is 512 g/mol. The number of nitrogens with one attached hydrogen (secondary N) is 1. The van der Waals surface area contributed by atoms with Crippen molar-refractivity contribution in [2.24, 2.45) is 5.84 Å². The summed E-state index contributed by atoms with van der Waals surface area (Å²) in [4.78, 5) is 25.1. The minimum atomic E-state index is -1.76. The monoisotopic (exact) mass is 511 g/mol. The number of carbonyl (C=O) groups is 1. The van der Waals surface area contributed by atoms with Crippen LogP contribution in [0.2, 0.25) is 0 Å². The molecule has 2 aliphatic rings. The minimum Gasteiger partial charge on any atom is -0.477 e. The lowest BCUT2D eigenvalue weighted by Gasteiger charge is -2.38. The van der Waals surface area contributed by atoms with Gasteiger partial charge in [-0.1, -0.05) is 24.3 Å². The van der Waals surface area contributed by atoms with Crippen molar-refractivity contribution in [3.63, 3.8) is 0 Å². The number of aromatic carboxylic acids is 1. The Morgan fingerprint density at radius 3 is 2.38 bits per heavy atom. The van der Waals surface area contributed by atoms with Crippen LogP contribution in [0.5, 0.6) is 0 Å². The molecule has 1 saturated heterocycles. The summed E-state index contributed by atoms with van der Waals surface area (Å²) in [6, 6.07) is 7.68. The van der Waals surface area contributed by atoms with E-state index in [1.165, 1.54) is 36.4 Å². The van der Waals surface area contributed by atoms with E-state index < -0.39 is 40.0 Å². The Bertz CT molecular complexity index is 1490. The Balaban J connectivity index is 1.79. The fraction of sp³-hybridized carbons (Fsp3) is 0.231. The van der Waals surface area contributed by atoms with Crippen molar-refractivity contribution >= 4 is 22.6 Å². The predicted octanol–water partition coefficient (Wildman–Crippen LogP) is 3.35. The standard InChI is InChI=1S/C26H24F3N5O3/c27-17-6-4-16(5-7-17)26(10-2-1-3-21(26)28)34-15-19(25(36)37)24(35)18-8-9-20(22(29)23(18)34)31-33-13-11-32(30)12-14-33/h1-9,15,31H,10-14,30H2,(H,36,37). The number of halogens is 3. The number of allylic oxidation sites excluding steroid dienone is 4. The van der Waals surface area contributed by atoms with Gasteiger partial charge in [-0.2, -0.15) is 0 Å². The van der Waals surface area contributed by atoms with Crippen LogP contribution < -0.4 is 16.7 Å². The lowest BCUT2D eigenvalue weighted by atomic mass is 9.81. The quantitative estimate of drug-likeness (QED) is 0.452. The number of fused-ring (bicyclic) bond motifs is 1. The summed E-state index contributed by atoms with van der Waals surface area (Å²) in [5, 5.41) is 12.9. The number of piperazine rings is 1. The van der Waals surface area contributed by atoms with Crippen LogP contribution in [0.15, 0.2) is 71.4 Å². The van der Waals surface area contributed by atoms with Gasteiger partial charge in [0.1, 0.15) is 22.7 Å². The van der Waals surface area contributed by atoms with Gasteiger partial charge in [0.25, 0.3) is 0 Å². The first kappa shape index (κ1) is 24.8. The van der Waals surface area contributed by atoms with Crippen LogP contribution in [-0.2, 0) is 5.54 Å². The van der Waals surface area contributed by atoms with Crippen molar-refractivity contribution in [2.45, 2.75) is 12.0 Å². The second-order valence-electron chi connectivity index (χ2n) is 9.02. The maximum Gasteiger partial charge on any atom is 0.341 e. The molecule has 11 heteroatoms. The average Bonchev–Trinajstić information content (AvgIpc) is 2.88. The summed E-state index contributed by atoms with van der Waals surface area (Å²) in [6.45, 7) is 2.09.